The Kier molecular flexibility index (Phi) is 4.05. The molecule has 3 aromatic rings. The minimum Gasteiger partial charge on any atom is -0.444 e. The van der Waals surface area contributed by atoms with Crippen molar-refractivity contribution in [1.29, 1.82) is 0 Å². The third-order valence-electron chi connectivity index (χ3n) is 3.18. The lowest BCUT2D eigenvalue weighted by atomic mass is 10.2. The van der Waals surface area contributed by atoms with Gasteiger partial charge in [-0.2, -0.15) is 0 Å². The lowest BCUT2D eigenvalue weighted by Gasteiger charge is -2.02. The van der Waals surface area contributed by atoms with Crippen molar-refractivity contribution in [1.82, 2.24) is 10.3 Å². The molecule has 1 aromatic carbocycles. The van der Waals surface area contributed by atoms with Crippen molar-refractivity contribution in [3.8, 4) is 0 Å². The Balaban J connectivity index is 1.61. The fourth-order valence-corrected chi connectivity index (χ4v) is 3.09. The van der Waals surface area contributed by atoms with Gasteiger partial charge in [-0.15, -0.1) is 11.3 Å². The zero-order chi connectivity index (χ0) is 13.9. The molecular weight excluding hydrogens is 292 g/mol. The van der Waals surface area contributed by atoms with E-state index >= 15 is 0 Å². The molecule has 0 amide bonds. The highest BCUT2D eigenvalue weighted by atomic mass is 35.5. The Morgan fingerprint density at radius 2 is 2.20 bits per heavy atom. The molecule has 5 heteroatoms. The topological polar surface area (TPSA) is 38.1 Å². The Hall–Kier alpha value is -1.36. The second-order valence-corrected chi connectivity index (χ2v) is 6.04. The van der Waals surface area contributed by atoms with Crippen molar-refractivity contribution in [3.63, 3.8) is 0 Å². The van der Waals surface area contributed by atoms with Crippen molar-refractivity contribution >= 4 is 33.9 Å². The number of aryl methyl sites for hydroxylation is 1. The number of para-hydroxylation sites is 1. The van der Waals surface area contributed by atoms with Crippen molar-refractivity contribution in [2.75, 3.05) is 6.54 Å². The van der Waals surface area contributed by atoms with Gasteiger partial charge < -0.3 is 9.73 Å². The Labute approximate surface area is 126 Å². The third kappa shape index (κ3) is 2.87. The van der Waals surface area contributed by atoms with Crippen LogP contribution in [-0.4, -0.2) is 11.5 Å². The van der Waals surface area contributed by atoms with Crippen LogP contribution in [0.4, 0.5) is 0 Å². The molecule has 2 aromatic heterocycles. The highest BCUT2D eigenvalue weighted by Gasteiger charge is 2.11. The first-order valence-electron chi connectivity index (χ1n) is 6.51. The van der Waals surface area contributed by atoms with E-state index in [0.29, 0.717) is 11.8 Å². The molecule has 0 saturated carbocycles. The van der Waals surface area contributed by atoms with Gasteiger partial charge in [0.25, 0.3) is 0 Å². The summed E-state index contributed by atoms with van der Waals surface area (Å²) in [5.74, 6) is 0. The van der Waals surface area contributed by atoms with Gasteiger partial charge in [0, 0.05) is 35.8 Å². The second kappa shape index (κ2) is 5.95. The number of hydrogen-bond acceptors (Lipinski definition) is 4. The standard InChI is InChI=1S/C15H15ClN2OS/c1-10-18-11(9-20-10)6-7-17-8-13-12-4-2-3-5-14(12)19-15(13)16/h2-5,9,17H,6-8H2,1H3. The summed E-state index contributed by atoms with van der Waals surface area (Å²) in [5, 5.41) is 8.18. The van der Waals surface area contributed by atoms with E-state index in [2.05, 4.69) is 15.7 Å². The molecule has 0 atom stereocenters. The van der Waals surface area contributed by atoms with Crippen LogP contribution in [0.15, 0.2) is 34.1 Å². The summed E-state index contributed by atoms with van der Waals surface area (Å²) in [4.78, 5) is 4.45. The van der Waals surface area contributed by atoms with Crippen molar-refractivity contribution < 1.29 is 4.42 Å². The van der Waals surface area contributed by atoms with E-state index in [1.807, 2.05) is 31.2 Å². The molecule has 0 saturated heterocycles. The number of nitrogens with one attached hydrogen (secondary N) is 1. The quantitative estimate of drug-likeness (QED) is 0.718. The summed E-state index contributed by atoms with van der Waals surface area (Å²) in [7, 11) is 0. The normalized spacial score (nSPS) is 11.3. The first-order chi connectivity index (χ1) is 9.74. The summed E-state index contributed by atoms with van der Waals surface area (Å²) >= 11 is 7.84. The molecule has 0 fully saturated rings. The SMILES string of the molecule is Cc1nc(CCNCc2c(Cl)oc3ccccc23)cs1. The lowest BCUT2D eigenvalue weighted by molar-refractivity contribution is 0.604. The molecule has 0 aliphatic rings. The number of hydrogen-bond donors (Lipinski definition) is 1. The van der Waals surface area contributed by atoms with Gasteiger partial charge in [0.15, 0.2) is 5.22 Å². The smallest absolute Gasteiger partial charge is 0.199 e. The third-order valence-corrected chi connectivity index (χ3v) is 4.30. The fraction of sp³-hybridized carbons (Fsp3) is 0.267. The maximum Gasteiger partial charge on any atom is 0.199 e. The maximum absolute atomic E-state index is 6.15. The molecular formula is C15H15ClN2OS. The summed E-state index contributed by atoms with van der Waals surface area (Å²) < 4.78 is 5.53. The molecule has 0 radical (unpaired) electrons. The molecule has 0 bridgehead atoms. The Bertz CT molecular complexity index is 720. The fourth-order valence-electron chi connectivity index (χ4n) is 2.19. The number of halogens is 1. The molecule has 2 heterocycles. The summed E-state index contributed by atoms with van der Waals surface area (Å²) in [6.07, 6.45) is 0.928. The average Bonchev–Trinajstić information content (AvgIpc) is 2.98. The van der Waals surface area contributed by atoms with E-state index in [1.54, 1.807) is 11.3 Å². The van der Waals surface area contributed by atoms with Crippen LogP contribution in [0, 0.1) is 6.92 Å². The zero-order valence-electron chi connectivity index (χ0n) is 11.1. The van der Waals surface area contributed by atoms with Gasteiger partial charge >= 0.3 is 0 Å². The second-order valence-electron chi connectivity index (χ2n) is 4.64. The first-order valence-corrected chi connectivity index (χ1v) is 7.77. The summed E-state index contributed by atoms with van der Waals surface area (Å²) in [6.45, 7) is 3.61. The van der Waals surface area contributed by atoms with Crippen LogP contribution in [0.2, 0.25) is 5.22 Å². The van der Waals surface area contributed by atoms with E-state index in [0.717, 1.165) is 40.2 Å². The van der Waals surface area contributed by atoms with E-state index in [4.69, 9.17) is 16.0 Å². The van der Waals surface area contributed by atoms with Crippen molar-refractivity contribution in [3.05, 3.63) is 51.1 Å². The maximum atomic E-state index is 6.15. The van der Waals surface area contributed by atoms with Crippen LogP contribution in [0.1, 0.15) is 16.3 Å². The minimum absolute atomic E-state index is 0.475. The van der Waals surface area contributed by atoms with E-state index < -0.39 is 0 Å². The molecule has 104 valence electrons. The summed E-state index contributed by atoms with van der Waals surface area (Å²) in [5.41, 5.74) is 3.00. The monoisotopic (exact) mass is 306 g/mol. The molecule has 1 N–H and O–H groups in total. The zero-order valence-corrected chi connectivity index (χ0v) is 12.7. The van der Waals surface area contributed by atoms with Crippen molar-refractivity contribution in [2.45, 2.75) is 19.9 Å². The molecule has 20 heavy (non-hydrogen) atoms. The van der Waals surface area contributed by atoms with Crippen LogP contribution in [0.3, 0.4) is 0 Å². The van der Waals surface area contributed by atoms with Crippen molar-refractivity contribution in [2.24, 2.45) is 0 Å². The Morgan fingerprint density at radius 3 is 3.00 bits per heavy atom. The van der Waals surface area contributed by atoms with E-state index in [1.165, 1.54) is 0 Å². The average molecular weight is 307 g/mol. The number of benzene rings is 1. The van der Waals surface area contributed by atoms with Crippen LogP contribution < -0.4 is 5.32 Å². The molecule has 0 spiro atoms. The summed E-state index contributed by atoms with van der Waals surface area (Å²) in [6, 6.07) is 7.91. The predicted octanol–water partition coefficient (Wildman–Crippen LogP) is 4.18. The van der Waals surface area contributed by atoms with Crippen LogP contribution >= 0.6 is 22.9 Å². The number of aromatic nitrogens is 1. The van der Waals surface area contributed by atoms with Gasteiger partial charge in [0.1, 0.15) is 5.58 Å². The van der Waals surface area contributed by atoms with Gasteiger partial charge in [0.2, 0.25) is 0 Å². The number of nitrogens with zero attached hydrogens (tertiary/aromatic N) is 1. The van der Waals surface area contributed by atoms with Crippen LogP contribution in [0.25, 0.3) is 11.0 Å². The minimum atomic E-state index is 0.475. The first kappa shape index (κ1) is 13.6. The van der Waals surface area contributed by atoms with Gasteiger partial charge in [0.05, 0.1) is 10.7 Å². The molecule has 3 rings (SSSR count). The number of fused-ring (bicyclic) bond motifs is 1. The van der Waals surface area contributed by atoms with Gasteiger partial charge in [-0.25, -0.2) is 4.98 Å². The molecule has 0 unspecified atom stereocenters. The van der Waals surface area contributed by atoms with Crippen LogP contribution in [0.5, 0.6) is 0 Å². The molecule has 0 aliphatic heterocycles. The highest BCUT2D eigenvalue weighted by Crippen LogP contribution is 2.29. The highest BCUT2D eigenvalue weighted by molar-refractivity contribution is 7.09. The van der Waals surface area contributed by atoms with Gasteiger partial charge in [-0.05, 0) is 24.6 Å². The van der Waals surface area contributed by atoms with E-state index in [-0.39, 0.29) is 0 Å². The molecule has 0 aliphatic carbocycles. The van der Waals surface area contributed by atoms with Gasteiger partial charge in [-0.3, -0.25) is 0 Å². The van der Waals surface area contributed by atoms with Crippen LogP contribution in [-0.2, 0) is 13.0 Å². The Morgan fingerprint density at radius 1 is 1.35 bits per heavy atom. The van der Waals surface area contributed by atoms with E-state index in [9.17, 15) is 0 Å². The number of rotatable bonds is 5. The predicted molar refractivity (Wildman–Crippen MR) is 83.5 cm³/mol. The molecule has 3 nitrogen and oxygen atoms in total. The van der Waals surface area contributed by atoms with Gasteiger partial charge in [-0.1, -0.05) is 18.2 Å². The lowest BCUT2D eigenvalue weighted by Crippen LogP contribution is -2.16. The number of furan rings is 1. The number of thiazole rings is 1. The largest absolute Gasteiger partial charge is 0.444 e.